The van der Waals surface area contributed by atoms with Crippen molar-refractivity contribution in [1.29, 1.82) is 0 Å². The number of rotatable bonds is 32. The number of allylic oxidation sites excluding steroid dienone is 8. The highest BCUT2D eigenvalue weighted by atomic mass is 31.2. The van der Waals surface area contributed by atoms with Gasteiger partial charge in [0.2, 0.25) is 5.91 Å². The highest BCUT2D eigenvalue weighted by molar-refractivity contribution is 7.47. The maximum Gasteiger partial charge on any atom is 0.472 e. The number of phosphoric acid groups is 1. The van der Waals surface area contributed by atoms with Crippen molar-refractivity contribution in [3.8, 4) is 0 Å². The first-order valence-electron chi connectivity index (χ1n) is 18.5. The second-order valence-corrected chi connectivity index (χ2v) is 15.0. The van der Waals surface area contributed by atoms with Crippen molar-refractivity contribution in [2.75, 3.05) is 40.9 Å². The second kappa shape index (κ2) is 30.5. The van der Waals surface area contributed by atoms with E-state index in [2.05, 4.69) is 67.8 Å². The molecule has 0 bridgehead atoms. The molecular formula is C38H72N2O6P+. The molecule has 0 radical (unpaired) electrons. The van der Waals surface area contributed by atoms with Crippen LogP contribution in [0.3, 0.4) is 0 Å². The quantitative estimate of drug-likeness (QED) is 0.0283. The van der Waals surface area contributed by atoms with Crippen LogP contribution in [0.2, 0.25) is 0 Å². The number of aliphatic hydroxyl groups excluding tert-OH is 1. The van der Waals surface area contributed by atoms with E-state index < -0.39 is 20.0 Å². The van der Waals surface area contributed by atoms with Crippen molar-refractivity contribution in [3.05, 3.63) is 48.6 Å². The molecule has 8 nitrogen and oxygen atoms in total. The molecule has 0 aliphatic heterocycles. The van der Waals surface area contributed by atoms with Gasteiger partial charge >= 0.3 is 7.82 Å². The van der Waals surface area contributed by atoms with Gasteiger partial charge in [-0.1, -0.05) is 127 Å². The summed E-state index contributed by atoms with van der Waals surface area (Å²) in [5.74, 6) is -0.190. The van der Waals surface area contributed by atoms with E-state index in [-0.39, 0.29) is 19.1 Å². The molecule has 0 aromatic carbocycles. The van der Waals surface area contributed by atoms with E-state index >= 15 is 0 Å². The number of nitrogens with one attached hydrogen (secondary N) is 1. The SMILES string of the molecule is CC/C=C\C/C=C\C/C=C\C/C=C\CCCCC(=O)NC(COP(=O)(O)OCC[N+](C)(C)C)C(O)CCCCCCCCCCCC. The van der Waals surface area contributed by atoms with Gasteiger partial charge in [-0.15, -0.1) is 0 Å². The van der Waals surface area contributed by atoms with Crippen molar-refractivity contribution in [1.82, 2.24) is 5.32 Å². The number of likely N-dealkylation sites (N-methyl/N-ethyl adjacent to an activating group) is 1. The van der Waals surface area contributed by atoms with Crippen molar-refractivity contribution in [2.24, 2.45) is 0 Å². The Balaban J connectivity index is 4.57. The molecule has 0 aliphatic rings. The van der Waals surface area contributed by atoms with Gasteiger partial charge in [-0.05, 0) is 51.4 Å². The van der Waals surface area contributed by atoms with Gasteiger partial charge in [-0.2, -0.15) is 0 Å². The third-order valence-electron chi connectivity index (χ3n) is 7.84. The number of amides is 1. The van der Waals surface area contributed by atoms with Gasteiger partial charge in [0.25, 0.3) is 0 Å². The minimum Gasteiger partial charge on any atom is -0.391 e. The van der Waals surface area contributed by atoms with Crippen LogP contribution in [0.1, 0.15) is 136 Å². The average Bonchev–Trinajstić information content (AvgIpc) is 3.01. The first kappa shape index (κ1) is 45.5. The minimum absolute atomic E-state index is 0.0642. The summed E-state index contributed by atoms with van der Waals surface area (Å²) in [5, 5.41) is 13.8. The number of quaternary nitrogens is 1. The van der Waals surface area contributed by atoms with Gasteiger partial charge in [0, 0.05) is 6.42 Å². The lowest BCUT2D eigenvalue weighted by Crippen LogP contribution is -2.46. The summed E-state index contributed by atoms with van der Waals surface area (Å²) >= 11 is 0. The number of carbonyl (C=O) groups excluding carboxylic acids is 1. The Kier molecular flexibility index (Phi) is 29.5. The molecule has 3 N–H and O–H groups in total. The van der Waals surface area contributed by atoms with Crippen molar-refractivity contribution >= 4 is 13.7 Å². The fourth-order valence-electron chi connectivity index (χ4n) is 4.86. The summed E-state index contributed by atoms with van der Waals surface area (Å²) in [7, 11) is 1.57. The van der Waals surface area contributed by atoms with Crippen LogP contribution in [0.4, 0.5) is 0 Å². The van der Waals surface area contributed by atoms with Crippen LogP contribution in [0.15, 0.2) is 48.6 Å². The second-order valence-electron chi connectivity index (χ2n) is 13.6. The monoisotopic (exact) mass is 684 g/mol. The van der Waals surface area contributed by atoms with Crippen LogP contribution < -0.4 is 5.32 Å². The highest BCUT2D eigenvalue weighted by Gasteiger charge is 2.28. The van der Waals surface area contributed by atoms with E-state index in [4.69, 9.17) is 9.05 Å². The Morgan fingerprint density at radius 2 is 1.28 bits per heavy atom. The van der Waals surface area contributed by atoms with Gasteiger partial charge in [-0.3, -0.25) is 13.8 Å². The lowest BCUT2D eigenvalue weighted by molar-refractivity contribution is -0.870. The zero-order chi connectivity index (χ0) is 35.1. The summed E-state index contributed by atoms with van der Waals surface area (Å²) in [6, 6.07) is -0.780. The number of hydrogen-bond donors (Lipinski definition) is 3. The summed E-state index contributed by atoms with van der Waals surface area (Å²) in [6.45, 7) is 4.69. The lowest BCUT2D eigenvalue weighted by Gasteiger charge is -2.26. The van der Waals surface area contributed by atoms with Crippen LogP contribution in [0, 0.1) is 0 Å². The third kappa shape index (κ3) is 32.8. The first-order valence-corrected chi connectivity index (χ1v) is 20.0. The Bertz CT molecular complexity index is 912. The summed E-state index contributed by atoms with van der Waals surface area (Å²) in [5.41, 5.74) is 0. The lowest BCUT2D eigenvalue weighted by atomic mass is 10.0. The molecule has 0 rings (SSSR count). The predicted molar refractivity (Wildman–Crippen MR) is 198 cm³/mol. The van der Waals surface area contributed by atoms with Crippen LogP contribution in [0.25, 0.3) is 0 Å². The van der Waals surface area contributed by atoms with Gasteiger partial charge in [0.15, 0.2) is 0 Å². The number of hydrogen-bond acceptors (Lipinski definition) is 5. The molecule has 0 spiro atoms. The minimum atomic E-state index is -4.31. The zero-order valence-electron chi connectivity index (χ0n) is 30.8. The van der Waals surface area contributed by atoms with Crippen LogP contribution in [-0.2, 0) is 18.4 Å². The number of unbranched alkanes of at least 4 members (excludes halogenated alkanes) is 11. The van der Waals surface area contributed by atoms with Crippen molar-refractivity contribution in [2.45, 2.75) is 148 Å². The molecular weight excluding hydrogens is 611 g/mol. The maximum absolute atomic E-state index is 12.8. The Morgan fingerprint density at radius 1 is 0.745 bits per heavy atom. The molecule has 0 fully saturated rings. The van der Waals surface area contributed by atoms with Crippen LogP contribution >= 0.6 is 7.82 Å². The summed E-state index contributed by atoms with van der Waals surface area (Å²) in [4.78, 5) is 22.9. The van der Waals surface area contributed by atoms with E-state index in [1.807, 2.05) is 21.1 Å². The molecule has 0 aromatic rings. The van der Waals surface area contributed by atoms with Gasteiger partial charge in [0.1, 0.15) is 13.2 Å². The number of carbonyl (C=O) groups is 1. The van der Waals surface area contributed by atoms with Crippen molar-refractivity contribution in [3.63, 3.8) is 0 Å². The normalized spacial score (nSPS) is 15.3. The smallest absolute Gasteiger partial charge is 0.391 e. The molecule has 3 unspecified atom stereocenters. The summed E-state index contributed by atoms with van der Waals surface area (Å²) in [6.07, 6.45) is 35.7. The van der Waals surface area contributed by atoms with Gasteiger partial charge in [-0.25, -0.2) is 4.57 Å². The number of nitrogens with zero attached hydrogens (tertiary/aromatic N) is 1. The highest BCUT2D eigenvalue weighted by Crippen LogP contribution is 2.43. The topological polar surface area (TPSA) is 105 Å². The number of phosphoric ester groups is 1. The Hall–Kier alpha value is -1.54. The van der Waals surface area contributed by atoms with Gasteiger partial charge in [0.05, 0.1) is 39.9 Å². The Morgan fingerprint density at radius 3 is 1.83 bits per heavy atom. The van der Waals surface area contributed by atoms with E-state index in [1.165, 1.54) is 44.9 Å². The van der Waals surface area contributed by atoms with Gasteiger partial charge < -0.3 is 19.8 Å². The molecule has 0 heterocycles. The molecule has 0 aromatic heterocycles. The Labute approximate surface area is 289 Å². The van der Waals surface area contributed by atoms with E-state index in [9.17, 15) is 19.4 Å². The maximum atomic E-state index is 12.8. The largest absolute Gasteiger partial charge is 0.472 e. The standard InChI is InChI=1S/C38H71N2O6P/c1-6-8-10-12-14-16-18-19-20-21-22-24-26-28-30-32-38(42)39-36(35-46-47(43,44)45-34-33-40(3,4)5)37(41)31-29-27-25-23-17-15-13-11-9-7-2/h8,10,14,16,19-20,22,24,36-37,41H,6-7,9,11-13,15,17-18,21,23,25-35H2,1-5H3,(H-,39,42,43,44)/p+1/b10-8-,16-14-,20-19-,24-22-. The molecule has 1 amide bonds. The first-order chi connectivity index (χ1) is 22.5. The molecule has 3 atom stereocenters. The third-order valence-corrected chi connectivity index (χ3v) is 8.83. The molecule has 0 saturated heterocycles. The molecule has 0 saturated carbocycles. The average molecular weight is 684 g/mol. The molecule has 274 valence electrons. The molecule has 0 aliphatic carbocycles. The predicted octanol–water partition coefficient (Wildman–Crippen LogP) is 9.35. The number of aliphatic hydroxyl groups is 1. The van der Waals surface area contributed by atoms with Crippen molar-refractivity contribution < 1.29 is 32.9 Å². The zero-order valence-corrected chi connectivity index (χ0v) is 31.6. The van der Waals surface area contributed by atoms with E-state index in [0.717, 1.165) is 64.2 Å². The van der Waals surface area contributed by atoms with Crippen LogP contribution in [0.5, 0.6) is 0 Å². The fourth-order valence-corrected chi connectivity index (χ4v) is 5.59. The molecule has 9 heteroatoms. The fraction of sp³-hybridized carbons (Fsp3) is 0.763. The molecule has 47 heavy (non-hydrogen) atoms. The van der Waals surface area contributed by atoms with E-state index in [0.29, 0.717) is 23.9 Å². The van der Waals surface area contributed by atoms with E-state index in [1.54, 1.807) is 0 Å². The summed E-state index contributed by atoms with van der Waals surface area (Å²) < 4.78 is 23.4. The van der Waals surface area contributed by atoms with Crippen LogP contribution in [-0.4, -0.2) is 73.4 Å².